The number of hydrogen-bond acceptors (Lipinski definition) is 3. The van der Waals surface area contributed by atoms with Crippen LogP contribution in [0.3, 0.4) is 0 Å². The molecule has 4 nitrogen and oxygen atoms in total. The van der Waals surface area contributed by atoms with E-state index in [1.807, 2.05) is 30.5 Å². The molecule has 4 rings (SSSR count). The Bertz CT molecular complexity index is 1010. The SMILES string of the molecule is CC(NCC(O)c1ccc2ccccc2c1)c1ccc2[nH]ncc2c1. The summed E-state index contributed by atoms with van der Waals surface area (Å²) in [5.41, 5.74) is 3.15. The van der Waals surface area contributed by atoms with Crippen LogP contribution in [-0.4, -0.2) is 21.8 Å². The van der Waals surface area contributed by atoms with Gasteiger partial charge in [-0.15, -0.1) is 0 Å². The summed E-state index contributed by atoms with van der Waals surface area (Å²) >= 11 is 0. The van der Waals surface area contributed by atoms with Gasteiger partial charge >= 0.3 is 0 Å². The molecular weight excluding hydrogens is 310 g/mol. The highest BCUT2D eigenvalue weighted by Crippen LogP contribution is 2.22. The van der Waals surface area contributed by atoms with Crippen molar-refractivity contribution < 1.29 is 5.11 Å². The van der Waals surface area contributed by atoms with Gasteiger partial charge in [0.1, 0.15) is 0 Å². The van der Waals surface area contributed by atoms with E-state index in [2.05, 4.69) is 58.8 Å². The molecule has 0 fully saturated rings. The zero-order valence-electron chi connectivity index (χ0n) is 14.1. The van der Waals surface area contributed by atoms with Gasteiger partial charge in [-0.3, -0.25) is 5.10 Å². The van der Waals surface area contributed by atoms with Crippen LogP contribution in [-0.2, 0) is 0 Å². The van der Waals surface area contributed by atoms with E-state index in [-0.39, 0.29) is 6.04 Å². The summed E-state index contributed by atoms with van der Waals surface area (Å²) in [5, 5.41) is 24.4. The molecule has 1 heterocycles. The number of aliphatic hydroxyl groups is 1. The van der Waals surface area contributed by atoms with Crippen LogP contribution < -0.4 is 5.32 Å². The van der Waals surface area contributed by atoms with E-state index in [9.17, 15) is 5.11 Å². The average Bonchev–Trinajstić information content (AvgIpc) is 3.13. The molecule has 4 aromatic rings. The molecule has 0 aliphatic rings. The molecule has 0 saturated carbocycles. The second kappa shape index (κ2) is 6.67. The summed E-state index contributed by atoms with van der Waals surface area (Å²) in [6.45, 7) is 2.61. The highest BCUT2D eigenvalue weighted by Gasteiger charge is 2.12. The van der Waals surface area contributed by atoms with Crippen molar-refractivity contribution in [2.24, 2.45) is 0 Å². The number of nitrogens with zero attached hydrogens (tertiary/aromatic N) is 1. The van der Waals surface area contributed by atoms with Gasteiger partial charge in [-0.25, -0.2) is 0 Å². The minimum absolute atomic E-state index is 0.148. The molecule has 0 aliphatic heterocycles. The molecule has 25 heavy (non-hydrogen) atoms. The Kier molecular flexibility index (Phi) is 4.22. The molecular formula is C21H21N3O. The molecule has 0 saturated heterocycles. The van der Waals surface area contributed by atoms with Crippen molar-refractivity contribution in [3.8, 4) is 0 Å². The standard InChI is InChI=1S/C21H21N3O/c1-14(16-8-9-20-19(10-16)12-23-24-20)22-13-21(25)18-7-6-15-4-2-3-5-17(15)11-18/h2-12,14,21-22,25H,13H2,1H3,(H,23,24). The number of nitrogens with one attached hydrogen (secondary N) is 2. The number of aliphatic hydroxyl groups excluding tert-OH is 1. The van der Waals surface area contributed by atoms with Crippen LogP contribution in [0.25, 0.3) is 21.7 Å². The number of hydrogen-bond donors (Lipinski definition) is 3. The monoisotopic (exact) mass is 331 g/mol. The van der Waals surface area contributed by atoms with Gasteiger partial charge in [0.15, 0.2) is 0 Å². The van der Waals surface area contributed by atoms with Crippen molar-refractivity contribution in [3.63, 3.8) is 0 Å². The fraction of sp³-hybridized carbons (Fsp3) is 0.190. The minimum atomic E-state index is -0.537. The van der Waals surface area contributed by atoms with Crippen LogP contribution in [0.15, 0.2) is 66.9 Å². The van der Waals surface area contributed by atoms with Crippen LogP contribution in [0, 0.1) is 0 Å². The maximum Gasteiger partial charge on any atom is 0.0914 e. The first-order valence-electron chi connectivity index (χ1n) is 8.54. The Balaban J connectivity index is 1.45. The zero-order chi connectivity index (χ0) is 17.2. The third kappa shape index (κ3) is 3.27. The number of aromatic nitrogens is 2. The van der Waals surface area contributed by atoms with Crippen LogP contribution in [0.2, 0.25) is 0 Å². The third-order valence-corrected chi connectivity index (χ3v) is 4.74. The van der Waals surface area contributed by atoms with Gasteiger partial charge in [-0.05, 0) is 47.0 Å². The van der Waals surface area contributed by atoms with E-state index in [0.29, 0.717) is 6.54 Å². The van der Waals surface area contributed by atoms with Crippen molar-refractivity contribution in [1.29, 1.82) is 0 Å². The predicted molar refractivity (Wildman–Crippen MR) is 101 cm³/mol. The lowest BCUT2D eigenvalue weighted by atomic mass is 10.0. The number of H-pyrrole nitrogens is 1. The molecule has 2 unspecified atom stereocenters. The summed E-state index contributed by atoms with van der Waals surface area (Å²) < 4.78 is 0. The molecule has 126 valence electrons. The van der Waals surface area contributed by atoms with Gasteiger partial charge in [0.25, 0.3) is 0 Å². The highest BCUT2D eigenvalue weighted by atomic mass is 16.3. The Labute approximate surface area is 146 Å². The quantitative estimate of drug-likeness (QED) is 0.516. The first-order valence-corrected chi connectivity index (χ1v) is 8.54. The average molecular weight is 331 g/mol. The molecule has 3 N–H and O–H groups in total. The molecule has 0 aliphatic carbocycles. The normalized spacial score (nSPS) is 14.0. The van der Waals surface area contributed by atoms with Gasteiger partial charge in [0, 0.05) is 18.0 Å². The second-order valence-electron chi connectivity index (χ2n) is 6.47. The maximum absolute atomic E-state index is 10.5. The van der Waals surface area contributed by atoms with E-state index in [1.165, 1.54) is 10.9 Å². The largest absolute Gasteiger partial charge is 0.387 e. The maximum atomic E-state index is 10.5. The first-order chi connectivity index (χ1) is 12.2. The van der Waals surface area contributed by atoms with E-state index < -0.39 is 6.10 Å². The zero-order valence-corrected chi connectivity index (χ0v) is 14.1. The fourth-order valence-corrected chi connectivity index (χ4v) is 3.17. The lowest BCUT2D eigenvalue weighted by Gasteiger charge is -2.18. The van der Waals surface area contributed by atoms with E-state index in [4.69, 9.17) is 0 Å². The molecule has 4 heteroatoms. The van der Waals surface area contributed by atoms with Crippen molar-refractivity contribution in [2.75, 3.05) is 6.54 Å². The molecule has 0 bridgehead atoms. The van der Waals surface area contributed by atoms with E-state index in [1.54, 1.807) is 0 Å². The number of rotatable bonds is 5. The minimum Gasteiger partial charge on any atom is -0.387 e. The van der Waals surface area contributed by atoms with Gasteiger partial charge in [0.05, 0.1) is 17.8 Å². The van der Waals surface area contributed by atoms with Crippen LogP contribution in [0.1, 0.15) is 30.2 Å². The number of aromatic amines is 1. The Hall–Kier alpha value is -2.69. The van der Waals surface area contributed by atoms with Crippen molar-refractivity contribution >= 4 is 21.7 Å². The molecule has 1 aromatic heterocycles. The highest BCUT2D eigenvalue weighted by molar-refractivity contribution is 5.83. The summed E-state index contributed by atoms with van der Waals surface area (Å²) in [6, 6.07) is 20.7. The van der Waals surface area contributed by atoms with Crippen LogP contribution in [0.5, 0.6) is 0 Å². The van der Waals surface area contributed by atoms with Crippen LogP contribution in [0.4, 0.5) is 0 Å². The summed E-state index contributed by atoms with van der Waals surface area (Å²) in [4.78, 5) is 0. The Morgan fingerprint density at radius 3 is 2.60 bits per heavy atom. The molecule has 0 amide bonds. The van der Waals surface area contributed by atoms with Crippen molar-refractivity contribution in [2.45, 2.75) is 19.1 Å². The first kappa shape index (κ1) is 15.8. The second-order valence-corrected chi connectivity index (χ2v) is 6.47. The smallest absolute Gasteiger partial charge is 0.0914 e. The molecule has 0 spiro atoms. The molecule has 2 atom stereocenters. The van der Waals surface area contributed by atoms with Crippen molar-refractivity contribution in [3.05, 3.63) is 78.0 Å². The third-order valence-electron chi connectivity index (χ3n) is 4.74. The predicted octanol–water partition coefficient (Wildman–Crippen LogP) is 4.10. The fourth-order valence-electron chi connectivity index (χ4n) is 3.17. The number of benzene rings is 3. The van der Waals surface area contributed by atoms with Gasteiger partial charge in [-0.1, -0.05) is 42.5 Å². The lowest BCUT2D eigenvalue weighted by molar-refractivity contribution is 0.171. The number of fused-ring (bicyclic) bond motifs is 2. The van der Waals surface area contributed by atoms with Crippen molar-refractivity contribution in [1.82, 2.24) is 15.5 Å². The van der Waals surface area contributed by atoms with E-state index in [0.717, 1.165) is 21.9 Å². The molecule has 3 aromatic carbocycles. The van der Waals surface area contributed by atoms with Crippen LogP contribution >= 0.6 is 0 Å². The Morgan fingerprint density at radius 2 is 1.72 bits per heavy atom. The van der Waals surface area contributed by atoms with Gasteiger partial charge in [-0.2, -0.15) is 5.10 Å². The Morgan fingerprint density at radius 1 is 0.960 bits per heavy atom. The van der Waals surface area contributed by atoms with Gasteiger partial charge < -0.3 is 10.4 Å². The summed E-state index contributed by atoms with van der Waals surface area (Å²) in [6.07, 6.45) is 1.29. The topological polar surface area (TPSA) is 60.9 Å². The van der Waals surface area contributed by atoms with E-state index >= 15 is 0 Å². The molecule has 0 radical (unpaired) electrons. The summed E-state index contributed by atoms with van der Waals surface area (Å²) in [5.74, 6) is 0. The lowest BCUT2D eigenvalue weighted by Crippen LogP contribution is -2.24. The summed E-state index contributed by atoms with van der Waals surface area (Å²) in [7, 11) is 0. The van der Waals surface area contributed by atoms with Gasteiger partial charge in [0.2, 0.25) is 0 Å².